The number of ether oxygens (including phenoxy) is 1. The molecule has 144 valence electrons. The number of nitrogens with zero attached hydrogens (tertiary/aromatic N) is 3. The Morgan fingerprint density at radius 1 is 1.12 bits per heavy atom. The number of piperazine rings is 1. The van der Waals surface area contributed by atoms with Crippen molar-refractivity contribution in [2.24, 2.45) is 0 Å². The molecule has 0 N–H and O–H groups in total. The summed E-state index contributed by atoms with van der Waals surface area (Å²) in [6, 6.07) is 8.92. The summed E-state index contributed by atoms with van der Waals surface area (Å²) in [6.07, 6.45) is 3.50. The fourth-order valence-corrected chi connectivity index (χ4v) is 4.40. The first-order valence-corrected chi connectivity index (χ1v) is 9.96. The number of hydrogen-bond acceptors (Lipinski definition) is 4. The normalized spacial score (nSPS) is 25.8. The summed E-state index contributed by atoms with van der Waals surface area (Å²) in [6.45, 7) is 10.2. The number of hydrogen-bond donors (Lipinski definition) is 0. The van der Waals surface area contributed by atoms with Crippen molar-refractivity contribution < 1.29 is 9.53 Å². The van der Waals surface area contributed by atoms with Gasteiger partial charge in [0.25, 0.3) is 0 Å². The minimum atomic E-state index is -0.0366. The van der Waals surface area contributed by atoms with E-state index in [0.29, 0.717) is 18.0 Å². The Balaban J connectivity index is 1.59. The second-order valence-corrected chi connectivity index (χ2v) is 7.77. The highest BCUT2D eigenvalue weighted by atomic mass is 16.5. The van der Waals surface area contributed by atoms with Gasteiger partial charge in [0, 0.05) is 50.0 Å². The maximum Gasteiger partial charge on any atom is 0.240 e. The molecule has 0 unspecified atom stereocenters. The number of anilines is 1. The molecule has 0 aromatic heterocycles. The van der Waals surface area contributed by atoms with Crippen LogP contribution in [0.15, 0.2) is 24.3 Å². The van der Waals surface area contributed by atoms with Crippen molar-refractivity contribution in [1.29, 1.82) is 0 Å². The SMILES string of the molecule is COc1cccc(N2CCN([C@H](C)C(=O)N3[C@H](C)CCC[C@H]3C)CC2)c1. The lowest BCUT2D eigenvalue weighted by atomic mass is 9.96. The molecule has 3 atom stereocenters. The van der Waals surface area contributed by atoms with E-state index < -0.39 is 0 Å². The Morgan fingerprint density at radius 2 is 1.77 bits per heavy atom. The van der Waals surface area contributed by atoms with Gasteiger partial charge >= 0.3 is 0 Å². The molecule has 0 bridgehead atoms. The standard InChI is InChI=1S/C21H33N3O2/c1-16-7-5-8-17(2)24(16)21(25)18(3)22-11-13-23(14-12-22)19-9-6-10-20(15-19)26-4/h6,9-10,15-18H,5,7-8,11-14H2,1-4H3/t16-,17-,18-/m1/s1. The number of likely N-dealkylation sites (tertiary alicyclic amines) is 1. The third-order valence-electron chi connectivity index (χ3n) is 6.09. The largest absolute Gasteiger partial charge is 0.497 e. The molecule has 2 aliphatic heterocycles. The van der Waals surface area contributed by atoms with Gasteiger partial charge in [0.05, 0.1) is 13.2 Å². The van der Waals surface area contributed by atoms with Crippen LogP contribution in [0, 0.1) is 0 Å². The lowest BCUT2D eigenvalue weighted by molar-refractivity contribution is -0.142. The van der Waals surface area contributed by atoms with Crippen LogP contribution in [0.5, 0.6) is 5.75 Å². The summed E-state index contributed by atoms with van der Waals surface area (Å²) in [7, 11) is 1.70. The first-order valence-electron chi connectivity index (χ1n) is 9.96. The first kappa shape index (κ1) is 19.0. The second-order valence-electron chi connectivity index (χ2n) is 7.77. The van der Waals surface area contributed by atoms with E-state index in [-0.39, 0.29) is 6.04 Å². The highest BCUT2D eigenvalue weighted by Crippen LogP contribution is 2.26. The molecule has 5 heteroatoms. The van der Waals surface area contributed by atoms with Crippen molar-refractivity contribution in [3.05, 3.63) is 24.3 Å². The highest BCUT2D eigenvalue weighted by Gasteiger charge is 2.34. The predicted molar refractivity (Wildman–Crippen MR) is 106 cm³/mol. The lowest BCUT2D eigenvalue weighted by Crippen LogP contribution is -2.58. The number of methoxy groups -OCH3 is 1. The summed E-state index contributed by atoms with van der Waals surface area (Å²) < 4.78 is 5.34. The van der Waals surface area contributed by atoms with Crippen LogP contribution in [-0.2, 0) is 4.79 Å². The van der Waals surface area contributed by atoms with Gasteiger partial charge in [0.1, 0.15) is 5.75 Å². The lowest BCUT2D eigenvalue weighted by Gasteiger charge is -2.44. The van der Waals surface area contributed by atoms with E-state index in [1.807, 2.05) is 12.1 Å². The predicted octanol–water partition coefficient (Wildman–Crippen LogP) is 3.00. The van der Waals surface area contributed by atoms with Crippen molar-refractivity contribution in [3.63, 3.8) is 0 Å². The zero-order chi connectivity index (χ0) is 18.7. The van der Waals surface area contributed by atoms with E-state index in [1.54, 1.807) is 7.11 Å². The Hall–Kier alpha value is -1.75. The number of benzene rings is 1. The Morgan fingerprint density at radius 3 is 2.38 bits per heavy atom. The molecule has 2 fully saturated rings. The third kappa shape index (κ3) is 3.98. The topological polar surface area (TPSA) is 36.0 Å². The van der Waals surface area contributed by atoms with Gasteiger partial charge in [-0.1, -0.05) is 6.07 Å². The van der Waals surface area contributed by atoms with Crippen LogP contribution in [0.1, 0.15) is 40.0 Å². The van der Waals surface area contributed by atoms with Gasteiger partial charge in [-0.3, -0.25) is 9.69 Å². The number of amides is 1. The molecule has 2 saturated heterocycles. The molecule has 2 aliphatic rings. The smallest absolute Gasteiger partial charge is 0.240 e. The molecule has 26 heavy (non-hydrogen) atoms. The minimum absolute atomic E-state index is 0.0366. The summed E-state index contributed by atoms with van der Waals surface area (Å²) >= 11 is 0. The first-order chi connectivity index (χ1) is 12.5. The molecule has 2 heterocycles. The summed E-state index contributed by atoms with van der Waals surface area (Å²) in [5.41, 5.74) is 1.20. The number of carbonyl (C=O) groups is 1. The van der Waals surface area contributed by atoms with Gasteiger partial charge in [0.2, 0.25) is 5.91 Å². The molecule has 0 saturated carbocycles. The van der Waals surface area contributed by atoms with Crippen LogP contribution >= 0.6 is 0 Å². The summed E-state index contributed by atoms with van der Waals surface area (Å²) in [4.78, 5) is 20.0. The monoisotopic (exact) mass is 359 g/mol. The Labute approximate surface area is 157 Å². The van der Waals surface area contributed by atoms with Crippen molar-refractivity contribution in [1.82, 2.24) is 9.80 Å². The van der Waals surface area contributed by atoms with E-state index in [4.69, 9.17) is 4.74 Å². The van der Waals surface area contributed by atoms with Crippen LogP contribution in [0.2, 0.25) is 0 Å². The molecule has 1 aromatic carbocycles. The van der Waals surface area contributed by atoms with Gasteiger partial charge in [0.15, 0.2) is 0 Å². The molecule has 0 aliphatic carbocycles. The van der Waals surface area contributed by atoms with E-state index in [0.717, 1.165) is 44.8 Å². The number of rotatable bonds is 4. The fraction of sp³-hybridized carbons (Fsp3) is 0.667. The van der Waals surface area contributed by atoms with E-state index in [2.05, 4.69) is 47.6 Å². The number of piperidine rings is 1. The van der Waals surface area contributed by atoms with Crippen molar-refractivity contribution >= 4 is 11.6 Å². The maximum atomic E-state index is 13.1. The average molecular weight is 360 g/mol. The van der Waals surface area contributed by atoms with Gasteiger partial charge in [-0.05, 0) is 52.2 Å². The van der Waals surface area contributed by atoms with Crippen LogP contribution in [-0.4, -0.2) is 67.1 Å². The fourth-order valence-electron chi connectivity index (χ4n) is 4.40. The average Bonchev–Trinajstić information content (AvgIpc) is 2.67. The zero-order valence-electron chi connectivity index (χ0n) is 16.6. The zero-order valence-corrected chi connectivity index (χ0v) is 16.6. The summed E-state index contributed by atoms with van der Waals surface area (Å²) in [5, 5.41) is 0. The summed E-state index contributed by atoms with van der Waals surface area (Å²) in [5.74, 6) is 1.20. The minimum Gasteiger partial charge on any atom is -0.497 e. The molecule has 3 rings (SSSR count). The molecule has 5 nitrogen and oxygen atoms in total. The van der Waals surface area contributed by atoms with E-state index in [1.165, 1.54) is 12.1 Å². The Bertz CT molecular complexity index is 603. The molecule has 1 amide bonds. The third-order valence-corrected chi connectivity index (χ3v) is 6.09. The van der Waals surface area contributed by atoms with Gasteiger partial charge in [-0.2, -0.15) is 0 Å². The molecule has 0 spiro atoms. The van der Waals surface area contributed by atoms with Crippen LogP contribution < -0.4 is 9.64 Å². The molecular weight excluding hydrogens is 326 g/mol. The van der Waals surface area contributed by atoms with Crippen LogP contribution in [0.3, 0.4) is 0 Å². The van der Waals surface area contributed by atoms with Gasteiger partial charge < -0.3 is 14.5 Å². The second kappa shape index (κ2) is 8.30. The molecule has 1 aromatic rings. The Kier molecular flexibility index (Phi) is 6.07. The van der Waals surface area contributed by atoms with E-state index >= 15 is 0 Å². The van der Waals surface area contributed by atoms with Crippen molar-refractivity contribution in [2.75, 3.05) is 38.2 Å². The van der Waals surface area contributed by atoms with Crippen LogP contribution in [0.25, 0.3) is 0 Å². The van der Waals surface area contributed by atoms with Crippen molar-refractivity contribution in [2.45, 2.75) is 58.2 Å². The number of carbonyl (C=O) groups excluding carboxylic acids is 1. The van der Waals surface area contributed by atoms with Crippen molar-refractivity contribution in [3.8, 4) is 5.75 Å². The van der Waals surface area contributed by atoms with E-state index in [9.17, 15) is 4.79 Å². The molecular formula is C21H33N3O2. The van der Waals surface area contributed by atoms with Crippen LogP contribution in [0.4, 0.5) is 5.69 Å². The van der Waals surface area contributed by atoms with Gasteiger partial charge in [-0.25, -0.2) is 0 Å². The quantitative estimate of drug-likeness (QED) is 0.828. The highest BCUT2D eigenvalue weighted by molar-refractivity contribution is 5.82. The maximum absolute atomic E-state index is 13.1. The van der Waals surface area contributed by atoms with Gasteiger partial charge in [-0.15, -0.1) is 0 Å². The molecule has 0 radical (unpaired) electrons.